The van der Waals surface area contributed by atoms with Gasteiger partial charge in [-0.25, -0.2) is 4.98 Å². The maximum absolute atomic E-state index is 10.3. The molecule has 0 radical (unpaired) electrons. The molecule has 9 heteroatoms. The normalized spacial score (nSPS) is 10.7. The van der Waals surface area contributed by atoms with Crippen molar-refractivity contribution in [2.75, 3.05) is 5.32 Å². The number of nitrogens with one attached hydrogen (secondary N) is 3. The first kappa shape index (κ1) is 11.8. The lowest BCUT2D eigenvalue weighted by Gasteiger charge is -2.08. The number of aromatic nitrogens is 1. The Morgan fingerprint density at radius 1 is 1.47 bits per heavy atom. The summed E-state index contributed by atoms with van der Waals surface area (Å²) in [4.78, 5) is 5.47. The van der Waals surface area contributed by atoms with Crippen LogP contribution in [0.1, 0.15) is 0 Å². The third kappa shape index (κ3) is 5.22. The molecule has 1 aromatic heterocycles. The van der Waals surface area contributed by atoms with Crippen LogP contribution in [0.5, 0.6) is 0 Å². The summed E-state index contributed by atoms with van der Waals surface area (Å²) in [5.74, 6) is 0.451. The fraction of sp³-hybridized carbons (Fsp3) is 0. The minimum absolute atomic E-state index is 0.0358. The van der Waals surface area contributed by atoms with Crippen molar-refractivity contribution in [1.82, 2.24) is 15.2 Å². The minimum Gasteiger partial charge on any atom is -0.316 e. The Bertz CT molecular complexity index is 433. The van der Waals surface area contributed by atoms with Crippen molar-refractivity contribution in [3.63, 3.8) is 0 Å². The molecule has 7 nitrogen and oxygen atoms in total. The molecular weight excluding hydrogens is 240 g/mol. The molecule has 4 N–H and O–H groups in total. The summed E-state index contributed by atoms with van der Waals surface area (Å²) in [5.41, 5.74) is 2.06. The number of thiocarbonyl (C=S) groups is 1. The van der Waals surface area contributed by atoms with Gasteiger partial charge in [0.25, 0.3) is 0 Å². The fourth-order valence-electron chi connectivity index (χ4n) is 0.695. The highest BCUT2D eigenvalue weighted by Gasteiger charge is 2.03. The van der Waals surface area contributed by atoms with Gasteiger partial charge in [0.15, 0.2) is 5.11 Å². The number of anilines is 1. The molecule has 15 heavy (non-hydrogen) atoms. The summed E-state index contributed by atoms with van der Waals surface area (Å²) < 4.78 is 28.9. The Kier molecular flexibility index (Phi) is 3.91. The summed E-state index contributed by atoms with van der Waals surface area (Å²) >= 11 is 4.70. The van der Waals surface area contributed by atoms with Crippen molar-refractivity contribution in [2.24, 2.45) is 0 Å². The van der Waals surface area contributed by atoms with Crippen molar-refractivity contribution in [1.29, 1.82) is 0 Å². The van der Waals surface area contributed by atoms with Crippen LogP contribution in [0.2, 0.25) is 0 Å². The maximum atomic E-state index is 10.3. The second-order valence-corrected chi connectivity index (χ2v) is 3.93. The summed E-state index contributed by atoms with van der Waals surface area (Å²) in [6, 6.07) is 5.09. The molecule has 1 heterocycles. The van der Waals surface area contributed by atoms with Gasteiger partial charge in [0.05, 0.1) is 0 Å². The number of hydrogen-bond acceptors (Lipinski definition) is 4. The third-order valence-corrected chi connectivity index (χ3v) is 1.76. The second-order valence-electron chi connectivity index (χ2n) is 2.37. The zero-order chi connectivity index (χ0) is 11.3. The van der Waals surface area contributed by atoms with E-state index < -0.39 is 10.3 Å². The van der Waals surface area contributed by atoms with Gasteiger partial charge in [-0.2, -0.15) is 8.42 Å². The number of nitrogens with zero attached hydrogens (tertiary/aromatic N) is 1. The van der Waals surface area contributed by atoms with E-state index in [9.17, 15) is 8.42 Å². The first-order valence-corrected chi connectivity index (χ1v) is 5.54. The van der Waals surface area contributed by atoms with E-state index in [2.05, 4.69) is 15.7 Å². The smallest absolute Gasteiger partial charge is 0.316 e. The molecule has 0 aliphatic heterocycles. The number of pyridine rings is 1. The van der Waals surface area contributed by atoms with Gasteiger partial charge in [-0.3, -0.25) is 9.98 Å². The van der Waals surface area contributed by atoms with E-state index in [4.69, 9.17) is 16.8 Å². The van der Waals surface area contributed by atoms with E-state index in [1.54, 1.807) is 29.2 Å². The Morgan fingerprint density at radius 2 is 2.20 bits per heavy atom. The maximum Gasteiger partial charge on any atom is 0.350 e. The zero-order valence-electron chi connectivity index (χ0n) is 7.34. The molecule has 1 aromatic rings. The van der Waals surface area contributed by atoms with Crippen LogP contribution in [-0.4, -0.2) is 23.1 Å². The highest BCUT2D eigenvalue weighted by Crippen LogP contribution is 1.98. The molecule has 0 atom stereocenters. The first-order valence-electron chi connectivity index (χ1n) is 3.69. The van der Waals surface area contributed by atoms with E-state index in [1.807, 2.05) is 0 Å². The average Bonchev–Trinajstić information content (AvgIpc) is 2.15. The summed E-state index contributed by atoms with van der Waals surface area (Å²) in [6.45, 7) is 0. The van der Waals surface area contributed by atoms with Gasteiger partial charge in [0.2, 0.25) is 0 Å². The lowest BCUT2D eigenvalue weighted by Crippen LogP contribution is -2.43. The summed E-state index contributed by atoms with van der Waals surface area (Å²) in [5, 5.41) is 2.55. The number of hydrogen-bond donors (Lipinski definition) is 4. The standard InChI is InChI=1S/C6H8N4O3S2/c11-15(12,13)10-9-6(14)8-5-3-1-2-4-7-5/h1-4,10H,(H,11,12,13)(H2,7,8,9,14). The van der Waals surface area contributed by atoms with E-state index in [0.717, 1.165) is 0 Å². The molecule has 0 aliphatic carbocycles. The highest BCUT2D eigenvalue weighted by molar-refractivity contribution is 7.84. The monoisotopic (exact) mass is 248 g/mol. The van der Waals surface area contributed by atoms with Crippen LogP contribution in [0.15, 0.2) is 24.4 Å². The van der Waals surface area contributed by atoms with Gasteiger partial charge in [-0.1, -0.05) is 6.07 Å². The molecule has 0 saturated carbocycles. The molecule has 0 aromatic carbocycles. The van der Waals surface area contributed by atoms with Crippen molar-refractivity contribution in [2.45, 2.75) is 0 Å². The van der Waals surface area contributed by atoms with Gasteiger partial charge in [0.1, 0.15) is 5.82 Å². The van der Waals surface area contributed by atoms with Crippen LogP contribution >= 0.6 is 12.2 Å². The van der Waals surface area contributed by atoms with Crippen molar-refractivity contribution in [3.05, 3.63) is 24.4 Å². The number of hydrazine groups is 1. The van der Waals surface area contributed by atoms with E-state index in [1.165, 1.54) is 0 Å². The van der Waals surface area contributed by atoms with Gasteiger partial charge in [0, 0.05) is 6.20 Å². The predicted octanol–water partition coefficient (Wildman–Crippen LogP) is -0.325. The molecule has 0 bridgehead atoms. The molecule has 82 valence electrons. The van der Waals surface area contributed by atoms with E-state index in [-0.39, 0.29) is 5.11 Å². The van der Waals surface area contributed by atoms with E-state index in [0.29, 0.717) is 5.82 Å². The van der Waals surface area contributed by atoms with Gasteiger partial charge in [-0.05, 0) is 24.4 Å². The van der Waals surface area contributed by atoms with Gasteiger partial charge < -0.3 is 5.32 Å². The Labute approximate surface area is 91.8 Å². The van der Waals surface area contributed by atoms with Crippen LogP contribution in [0.25, 0.3) is 0 Å². The topological polar surface area (TPSA) is 103 Å². The third-order valence-electron chi connectivity index (χ3n) is 1.20. The van der Waals surface area contributed by atoms with Crippen molar-refractivity contribution >= 4 is 33.5 Å². The minimum atomic E-state index is -4.32. The lowest BCUT2D eigenvalue weighted by atomic mass is 10.5. The molecule has 0 unspecified atom stereocenters. The molecule has 0 amide bonds. The zero-order valence-corrected chi connectivity index (χ0v) is 8.97. The Morgan fingerprint density at radius 3 is 2.73 bits per heavy atom. The van der Waals surface area contributed by atoms with Gasteiger partial charge >= 0.3 is 10.3 Å². The van der Waals surface area contributed by atoms with Crippen LogP contribution in [0, 0.1) is 0 Å². The molecule has 0 saturated heterocycles. The van der Waals surface area contributed by atoms with Crippen LogP contribution in [0.4, 0.5) is 5.82 Å². The predicted molar refractivity (Wildman–Crippen MR) is 58.3 cm³/mol. The molecular formula is C6H8N4O3S2. The van der Waals surface area contributed by atoms with E-state index >= 15 is 0 Å². The summed E-state index contributed by atoms with van der Waals surface area (Å²) in [6.07, 6.45) is 1.54. The van der Waals surface area contributed by atoms with Gasteiger partial charge in [-0.15, -0.1) is 4.83 Å². The molecule has 0 fully saturated rings. The molecule has 0 spiro atoms. The molecule has 1 rings (SSSR count). The Hall–Kier alpha value is -1.29. The largest absolute Gasteiger partial charge is 0.350 e. The highest BCUT2D eigenvalue weighted by atomic mass is 32.2. The van der Waals surface area contributed by atoms with Crippen LogP contribution < -0.4 is 15.6 Å². The quantitative estimate of drug-likeness (QED) is 0.330. The fourth-order valence-corrected chi connectivity index (χ4v) is 1.15. The number of rotatable bonds is 3. The van der Waals surface area contributed by atoms with Crippen molar-refractivity contribution in [3.8, 4) is 0 Å². The van der Waals surface area contributed by atoms with Crippen LogP contribution in [-0.2, 0) is 10.3 Å². The van der Waals surface area contributed by atoms with Crippen molar-refractivity contribution < 1.29 is 13.0 Å². The summed E-state index contributed by atoms with van der Waals surface area (Å²) in [7, 11) is -4.32. The molecule has 0 aliphatic rings. The Balaban J connectivity index is 2.44. The average molecular weight is 248 g/mol. The lowest BCUT2D eigenvalue weighted by molar-refractivity contribution is 0.464. The second kappa shape index (κ2) is 4.98. The first-order chi connectivity index (χ1) is 6.97. The van der Waals surface area contributed by atoms with Crippen LogP contribution in [0.3, 0.4) is 0 Å². The SMILES string of the molecule is O=S(=O)(O)NNC(=S)Nc1ccccn1.